The molecule has 8 nitrogen and oxygen atoms in total. The fourth-order valence-corrected chi connectivity index (χ4v) is 3.78. The van der Waals surface area contributed by atoms with Crippen LogP contribution in [0.1, 0.15) is 60.2 Å². The number of carbonyl (C=O) groups excluding carboxylic acids is 1. The first kappa shape index (κ1) is 19.3. The minimum absolute atomic E-state index is 0.0732. The van der Waals surface area contributed by atoms with Crippen molar-refractivity contribution >= 4 is 5.91 Å². The van der Waals surface area contributed by atoms with Crippen molar-refractivity contribution < 1.29 is 13.8 Å². The van der Waals surface area contributed by atoms with E-state index in [4.69, 9.17) is 9.05 Å². The number of rotatable bonds is 5. The van der Waals surface area contributed by atoms with Crippen molar-refractivity contribution in [3.05, 3.63) is 47.5 Å². The summed E-state index contributed by atoms with van der Waals surface area (Å²) in [5.74, 6) is 2.05. The molecule has 0 saturated carbocycles. The summed E-state index contributed by atoms with van der Waals surface area (Å²) in [5, 5.41) is 7.94. The molecule has 0 atom stereocenters. The lowest BCUT2D eigenvalue weighted by Crippen LogP contribution is -2.38. The van der Waals surface area contributed by atoms with E-state index in [1.807, 2.05) is 17.9 Å². The maximum absolute atomic E-state index is 12.8. The number of piperidine rings is 1. The summed E-state index contributed by atoms with van der Waals surface area (Å²) in [5.41, 5.74) is 3.02. The second kappa shape index (κ2) is 8.14. The molecule has 3 aromatic heterocycles. The molecule has 29 heavy (non-hydrogen) atoms. The molecule has 1 aliphatic heterocycles. The van der Waals surface area contributed by atoms with Gasteiger partial charge in [0.2, 0.25) is 0 Å². The Morgan fingerprint density at radius 1 is 1.21 bits per heavy atom. The minimum Gasteiger partial charge on any atom is -0.361 e. The van der Waals surface area contributed by atoms with Crippen molar-refractivity contribution in [3.8, 4) is 11.3 Å². The molecule has 0 aromatic carbocycles. The van der Waals surface area contributed by atoms with E-state index < -0.39 is 0 Å². The van der Waals surface area contributed by atoms with Crippen LogP contribution >= 0.6 is 0 Å². The molecule has 0 aliphatic carbocycles. The number of hydrogen-bond donors (Lipinski definition) is 0. The van der Waals surface area contributed by atoms with Crippen molar-refractivity contribution in [2.45, 2.75) is 46.0 Å². The molecule has 0 spiro atoms. The summed E-state index contributed by atoms with van der Waals surface area (Å²) in [7, 11) is 0. The van der Waals surface area contributed by atoms with Crippen LogP contribution in [0.4, 0.5) is 0 Å². The number of amides is 1. The molecule has 8 heteroatoms. The Balaban J connectivity index is 1.44. The van der Waals surface area contributed by atoms with Gasteiger partial charge < -0.3 is 13.9 Å². The summed E-state index contributed by atoms with van der Waals surface area (Å²) < 4.78 is 10.7. The number of aromatic nitrogens is 4. The van der Waals surface area contributed by atoms with Crippen LogP contribution in [0.5, 0.6) is 0 Å². The van der Waals surface area contributed by atoms with Gasteiger partial charge in [-0.1, -0.05) is 24.2 Å². The number of likely N-dealkylation sites (tertiary alicyclic amines) is 1. The van der Waals surface area contributed by atoms with E-state index >= 15 is 0 Å². The number of hydrogen-bond acceptors (Lipinski definition) is 7. The van der Waals surface area contributed by atoms with E-state index in [9.17, 15) is 4.79 Å². The predicted octanol–water partition coefficient (Wildman–Crippen LogP) is 3.65. The Morgan fingerprint density at radius 3 is 2.69 bits per heavy atom. The van der Waals surface area contributed by atoms with Gasteiger partial charge in [0.05, 0.1) is 17.0 Å². The van der Waals surface area contributed by atoms with Crippen molar-refractivity contribution in [1.29, 1.82) is 0 Å². The van der Waals surface area contributed by atoms with E-state index in [1.165, 1.54) is 0 Å². The Kier molecular flexibility index (Phi) is 5.42. The van der Waals surface area contributed by atoms with Crippen molar-refractivity contribution in [2.24, 2.45) is 5.92 Å². The predicted molar refractivity (Wildman–Crippen MR) is 105 cm³/mol. The summed E-state index contributed by atoms with van der Waals surface area (Å²) in [6.45, 7) is 7.40. The van der Waals surface area contributed by atoms with Crippen LogP contribution in [0.25, 0.3) is 11.3 Å². The van der Waals surface area contributed by atoms with E-state index in [-0.39, 0.29) is 11.8 Å². The summed E-state index contributed by atoms with van der Waals surface area (Å²) in [4.78, 5) is 23.3. The largest absolute Gasteiger partial charge is 0.361 e. The lowest BCUT2D eigenvalue weighted by Gasteiger charge is -2.31. The smallest absolute Gasteiger partial charge is 0.276 e. The highest BCUT2D eigenvalue weighted by molar-refractivity contribution is 5.92. The fourth-order valence-electron chi connectivity index (χ4n) is 3.78. The third-order valence-corrected chi connectivity index (χ3v) is 5.19. The van der Waals surface area contributed by atoms with Crippen LogP contribution in [0.3, 0.4) is 0 Å². The zero-order valence-corrected chi connectivity index (χ0v) is 17.0. The first-order chi connectivity index (χ1) is 14.0. The number of nitrogens with zero attached hydrogens (tertiary/aromatic N) is 5. The zero-order chi connectivity index (χ0) is 20.4. The van der Waals surface area contributed by atoms with Crippen LogP contribution in [-0.4, -0.2) is 44.2 Å². The molecule has 152 valence electrons. The van der Waals surface area contributed by atoms with Gasteiger partial charge in [-0.3, -0.25) is 4.79 Å². The van der Waals surface area contributed by atoms with Crippen molar-refractivity contribution in [3.63, 3.8) is 0 Å². The molecule has 1 aliphatic rings. The topological polar surface area (TPSA) is 98.2 Å². The van der Waals surface area contributed by atoms with Gasteiger partial charge in [-0.05, 0) is 25.7 Å². The van der Waals surface area contributed by atoms with E-state index in [2.05, 4.69) is 34.1 Å². The molecule has 0 radical (unpaired) electrons. The maximum atomic E-state index is 12.8. The molecule has 0 bridgehead atoms. The molecule has 1 amide bonds. The summed E-state index contributed by atoms with van der Waals surface area (Å²) in [6, 6.07) is 3.66. The average Bonchev–Trinajstić information content (AvgIpc) is 3.36. The lowest BCUT2D eigenvalue weighted by atomic mass is 9.90. The van der Waals surface area contributed by atoms with E-state index in [1.54, 1.807) is 18.6 Å². The van der Waals surface area contributed by atoms with Crippen molar-refractivity contribution in [1.82, 2.24) is 25.2 Å². The number of carbonyl (C=O) groups is 1. The molecule has 4 heterocycles. The molecule has 4 rings (SSSR count). The highest BCUT2D eigenvalue weighted by Gasteiger charge is 2.29. The van der Waals surface area contributed by atoms with Gasteiger partial charge in [0.15, 0.2) is 11.5 Å². The molecule has 3 aromatic rings. The monoisotopic (exact) mass is 395 g/mol. The molecule has 0 N–H and O–H groups in total. The standard InChI is InChI=1S/C21H25N5O3/c1-13(2)8-16-10-18(25-28-16)21(27)26-6-4-15(5-7-26)20-17(11-22-12-23-20)19-9-14(3)24-29-19/h9-13,15H,4-8H2,1-3H3. The van der Waals surface area contributed by atoms with Gasteiger partial charge in [-0.2, -0.15) is 0 Å². The fraction of sp³-hybridized carbons (Fsp3) is 0.476. The SMILES string of the molecule is Cc1cc(-c2cncnc2C2CCN(C(=O)c3cc(CC(C)C)on3)CC2)on1. The molecule has 0 unspecified atom stereocenters. The number of aryl methyl sites for hydroxylation is 1. The summed E-state index contributed by atoms with van der Waals surface area (Å²) >= 11 is 0. The normalized spacial score (nSPS) is 15.2. The lowest BCUT2D eigenvalue weighted by molar-refractivity contribution is 0.0701. The van der Waals surface area contributed by atoms with Gasteiger partial charge in [0.1, 0.15) is 12.1 Å². The third kappa shape index (κ3) is 4.21. The molecular weight excluding hydrogens is 370 g/mol. The summed E-state index contributed by atoms with van der Waals surface area (Å²) in [6.07, 6.45) is 5.75. The second-order valence-corrected chi connectivity index (χ2v) is 8.00. The van der Waals surface area contributed by atoms with Crippen molar-refractivity contribution in [2.75, 3.05) is 13.1 Å². The van der Waals surface area contributed by atoms with Gasteiger partial charge in [0, 0.05) is 43.8 Å². The van der Waals surface area contributed by atoms with Gasteiger partial charge in [0.25, 0.3) is 5.91 Å². The molecule has 1 fully saturated rings. The van der Waals surface area contributed by atoms with Crippen LogP contribution < -0.4 is 0 Å². The Bertz CT molecular complexity index is 986. The van der Waals surface area contributed by atoms with Crippen LogP contribution in [0.15, 0.2) is 33.7 Å². The maximum Gasteiger partial charge on any atom is 0.276 e. The van der Waals surface area contributed by atoms with Gasteiger partial charge in [-0.15, -0.1) is 0 Å². The Hall–Kier alpha value is -3.03. The van der Waals surface area contributed by atoms with E-state index in [0.717, 1.165) is 42.0 Å². The molecule has 1 saturated heterocycles. The molecular formula is C21H25N5O3. The Morgan fingerprint density at radius 2 is 2.00 bits per heavy atom. The van der Waals surface area contributed by atoms with Gasteiger partial charge >= 0.3 is 0 Å². The second-order valence-electron chi connectivity index (χ2n) is 8.00. The first-order valence-corrected chi connectivity index (χ1v) is 9.99. The van der Waals surface area contributed by atoms with Crippen LogP contribution in [-0.2, 0) is 6.42 Å². The van der Waals surface area contributed by atoms with Crippen LogP contribution in [0, 0.1) is 12.8 Å². The quantitative estimate of drug-likeness (QED) is 0.650. The third-order valence-electron chi connectivity index (χ3n) is 5.19. The highest BCUT2D eigenvalue weighted by atomic mass is 16.5. The van der Waals surface area contributed by atoms with Crippen LogP contribution in [0.2, 0.25) is 0 Å². The minimum atomic E-state index is -0.0732. The zero-order valence-electron chi connectivity index (χ0n) is 17.0. The first-order valence-electron chi connectivity index (χ1n) is 9.99. The average molecular weight is 395 g/mol. The van der Waals surface area contributed by atoms with Gasteiger partial charge in [-0.25, -0.2) is 9.97 Å². The Labute approximate surface area is 169 Å². The van der Waals surface area contributed by atoms with E-state index in [0.29, 0.717) is 30.5 Å². The highest BCUT2D eigenvalue weighted by Crippen LogP contribution is 2.34.